The van der Waals surface area contributed by atoms with E-state index in [1.54, 1.807) is 0 Å². The second-order valence-electron chi connectivity index (χ2n) is 22.3. The van der Waals surface area contributed by atoms with Crippen molar-refractivity contribution >= 4 is 0 Å². The molecule has 0 aromatic rings. The third-order valence-corrected chi connectivity index (χ3v) is 13.8. The molecule has 5 aliphatic carbocycles. The van der Waals surface area contributed by atoms with Gasteiger partial charge in [0.2, 0.25) is 0 Å². The van der Waals surface area contributed by atoms with Crippen molar-refractivity contribution in [3.05, 3.63) is 0 Å². The van der Waals surface area contributed by atoms with E-state index in [9.17, 15) is 0 Å². The van der Waals surface area contributed by atoms with Crippen LogP contribution in [-0.2, 0) is 0 Å². The summed E-state index contributed by atoms with van der Waals surface area (Å²) in [6.07, 6.45) is 41.5. The SMILES string of the molecule is CC1(C)CCC1.CC1CC(C)C1.CC1CCCC1.CC1CC[C@H]1C.CCC1CCC1.CCCCC(C)C.CCCCC(C)C.CCCCCCC.CCC[C@H](C)CC. The van der Waals surface area contributed by atoms with E-state index in [1.807, 2.05) is 0 Å². The molecule has 0 aromatic heterocycles. The molecule has 0 aliphatic heterocycles. The zero-order chi connectivity index (χ0) is 45.2. The minimum absolute atomic E-state index is 0.722. The lowest BCUT2D eigenvalue weighted by Gasteiger charge is -2.33. The first kappa shape index (κ1) is 64.6. The highest BCUT2D eigenvalue weighted by molar-refractivity contribution is 4.77. The predicted octanol–water partition coefficient (Wildman–Crippen LogP) is 22.2. The van der Waals surface area contributed by atoms with E-state index in [2.05, 4.69) is 132 Å². The highest BCUT2D eigenvalue weighted by Crippen LogP contribution is 2.39. The van der Waals surface area contributed by atoms with Crippen LogP contribution in [-0.4, -0.2) is 0 Å². The van der Waals surface area contributed by atoms with Gasteiger partial charge in [0.1, 0.15) is 0 Å². The predicted molar refractivity (Wildman–Crippen MR) is 276 cm³/mol. The van der Waals surface area contributed by atoms with Gasteiger partial charge in [-0.25, -0.2) is 0 Å². The fraction of sp³-hybridized carbons (Fsp3) is 1.00. The van der Waals surface area contributed by atoms with Crippen LogP contribution in [0.4, 0.5) is 0 Å². The van der Waals surface area contributed by atoms with Gasteiger partial charge >= 0.3 is 0 Å². The highest BCUT2D eigenvalue weighted by atomic mass is 14.3. The maximum Gasteiger partial charge on any atom is -0.0354 e. The molecular weight excluding hydrogens is 697 g/mol. The Balaban J connectivity index is -0.000000283. The Kier molecular flexibility index (Phi) is 51.8. The lowest BCUT2D eigenvalue weighted by molar-refractivity contribution is 0.190. The Bertz CT molecular complexity index is 676. The molecule has 0 heteroatoms. The maximum absolute atomic E-state index is 2.34. The quantitative estimate of drug-likeness (QED) is 0.153. The van der Waals surface area contributed by atoms with E-state index in [0.717, 1.165) is 58.7 Å². The van der Waals surface area contributed by atoms with Crippen LogP contribution in [0.25, 0.3) is 0 Å². The van der Waals surface area contributed by atoms with Gasteiger partial charge in [0.05, 0.1) is 0 Å². The zero-order valence-corrected chi connectivity index (χ0v) is 45.2. The molecule has 0 saturated heterocycles. The molecule has 0 spiro atoms. The third kappa shape index (κ3) is 52.1. The molecule has 3 atom stereocenters. The van der Waals surface area contributed by atoms with E-state index in [-0.39, 0.29) is 0 Å². The van der Waals surface area contributed by atoms with Gasteiger partial charge in [-0.15, -0.1) is 0 Å². The van der Waals surface area contributed by atoms with E-state index >= 15 is 0 Å². The molecular formula is C58H124. The van der Waals surface area contributed by atoms with E-state index in [4.69, 9.17) is 0 Å². The van der Waals surface area contributed by atoms with Crippen molar-refractivity contribution in [3.8, 4) is 0 Å². The summed E-state index contributed by atoms with van der Waals surface area (Å²) in [5.74, 6) is 9.06. The van der Waals surface area contributed by atoms with Crippen LogP contribution in [0.15, 0.2) is 0 Å². The van der Waals surface area contributed by atoms with Crippen LogP contribution >= 0.6 is 0 Å². The second kappa shape index (κ2) is 46.5. The maximum atomic E-state index is 2.34. The Labute approximate surface area is 375 Å². The van der Waals surface area contributed by atoms with Crippen molar-refractivity contribution in [1.29, 1.82) is 0 Å². The van der Waals surface area contributed by atoms with E-state index in [0.29, 0.717) is 0 Å². The molecule has 0 amide bonds. The average molecular weight is 822 g/mol. The minimum atomic E-state index is 0.722. The summed E-state index contributed by atoms with van der Waals surface area (Å²) in [6, 6.07) is 0. The van der Waals surface area contributed by atoms with E-state index < -0.39 is 0 Å². The van der Waals surface area contributed by atoms with Gasteiger partial charge in [-0.05, 0) is 84.4 Å². The summed E-state index contributed by atoms with van der Waals surface area (Å²) in [4.78, 5) is 0. The number of rotatable bonds is 14. The van der Waals surface area contributed by atoms with Gasteiger partial charge in [-0.2, -0.15) is 0 Å². The monoisotopic (exact) mass is 821 g/mol. The molecule has 5 saturated carbocycles. The van der Waals surface area contributed by atoms with Crippen molar-refractivity contribution in [3.63, 3.8) is 0 Å². The van der Waals surface area contributed by atoms with Crippen LogP contribution in [0.2, 0.25) is 0 Å². The van der Waals surface area contributed by atoms with E-state index in [1.165, 1.54) is 186 Å². The molecule has 5 aliphatic rings. The normalized spacial score (nSPS) is 22.7. The van der Waals surface area contributed by atoms with Gasteiger partial charge < -0.3 is 0 Å². The third-order valence-electron chi connectivity index (χ3n) is 13.8. The fourth-order valence-corrected chi connectivity index (χ4v) is 7.65. The second-order valence-corrected chi connectivity index (χ2v) is 22.3. The molecule has 5 rings (SSSR count). The fourth-order valence-electron chi connectivity index (χ4n) is 7.65. The largest absolute Gasteiger partial charge is 0.0654 e. The van der Waals surface area contributed by atoms with Gasteiger partial charge in [0.25, 0.3) is 0 Å². The Morgan fingerprint density at radius 3 is 0.914 bits per heavy atom. The van der Waals surface area contributed by atoms with Crippen LogP contribution in [0.1, 0.15) is 318 Å². The van der Waals surface area contributed by atoms with Crippen LogP contribution in [0.5, 0.6) is 0 Å². The molecule has 5 fully saturated rings. The lowest BCUT2D eigenvalue weighted by Crippen LogP contribution is -2.20. The molecule has 1 unspecified atom stereocenters. The van der Waals surface area contributed by atoms with Crippen molar-refractivity contribution in [2.45, 2.75) is 318 Å². The van der Waals surface area contributed by atoms with Crippen LogP contribution in [0.3, 0.4) is 0 Å². The average Bonchev–Trinajstić information content (AvgIpc) is 3.64. The standard InChI is InChI=1S/4C7H16.5C6H12/c2*1-4-5-6-7(2)3;1-4-6-7(3)5-2;1-3-5-7-6-4-2;1-5-3-6(2)4-5;1-6(2)4-3-5-6;1-5-3-4-6(5)2;1-6-4-2-3-5-6;1-2-6-4-3-5-6/h3*7H,4-6H2,1-3H3;3-7H2,1-2H3;5-6H,3-4H2,1-2H3;3-5H2,1-2H3;5-6H,3-4H2,1-2H3;2*6H,2-5H2,1H3/t;;7-;;;;5-,6?;;/m..1...1../s1. The number of hydrogen-bond donors (Lipinski definition) is 0. The molecule has 356 valence electrons. The topological polar surface area (TPSA) is 0 Å². The Morgan fingerprint density at radius 1 is 0.431 bits per heavy atom. The first-order chi connectivity index (χ1) is 27.4. The molecule has 0 heterocycles. The van der Waals surface area contributed by atoms with Gasteiger partial charge in [-0.1, -0.05) is 292 Å². The van der Waals surface area contributed by atoms with Crippen molar-refractivity contribution in [2.24, 2.45) is 58.7 Å². The van der Waals surface area contributed by atoms with Crippen molar-refractivity contribution < 1.29 is 0 Å². The first-order valence-electron chi connectivity index (χ1n) is 27.4. The zero-order valence-electron chi connectivity index (χ0n) is 45.2. The molecule has 0 N–H and O–H groups in total. The van der Waals surface area contributed by atoms with Crippen molar-refractivity contribution in [1.82, 2.24) is 0 Å². The minimum Gasteiger partial charge on any atom is -0.0654 e. The lowest BCUT2D eigenvalue weighted by atomic mass is 9.72. The molecule has 0 bridgehead atoms. The summed E-state index contributed by atoms with van der Waals surface area (Å²) in [5.41, 5.74) is 0.722. The highest BCUT2D eigenvalue weighted by Gasteiger charge is 2.25. The smallest absolute Gasteiger partial charge is 0.0354 e. The number of unbranched alkanes of at least 4 members (excludes halogenated alkanes) is 6. The summed E-state index contributed by atoms with van der Waals surface area (Å²) >= 11 is 0. The molecule has 0 radical (unpaired) electrons. The summed E-state index contributed by atoms with van der Waals surface area (Å²) < 4.78 is 0. The number of hydrogen-bond acceptors (Lipinski definition) is 0. The summed E-state index contributed by atoms with van der Waals surface area (Å²) in [6.45, 7) is 43.4. The van der Waals surface area contributed by atoms with Crippen molar-refractivity contribution in [2.75, 3.05) is 0 Å². The van der Waals surface area contributed by atoms with Gasteiger partial charge in [0.15, 0.2) is 0 Å². The van der Waals surface area contributed by atoms with Gasteiger partial charge in [0, 0.05) is 0 Å². The summed E-state index contributed by atoms with van der Waals surface area (Å²) in [5, 5.41) is 0. The molecule has 0 nitrogen and oxygen atoms in total. The van der Waals surface area contributed by atoms with Gasteiger partial charge in [-0.3, -0.25) is 0 Å². The first-order valence-corrected chi connectivity index (χ1v) is 27.4. The van der Waals surface area contributed by atoms with Crippen LogP contribution in [0, 0.1) is 58.7 Å². The summed E-state index contributed by atoms with van der Waals surface area (Å²) in [7, 11) is 0. The Morgan fingerprint density at radius 2 is 0.828 bits per heavy atom. The molecule has 0 aromatic carbocycles. The van der Waals surface area contributed by atoms with Crippen LogP contribution < -0.4 is 0 Å². The molecule has 58 heavy (non-hydrogen) atoms. The Hall–Kier alpha value is 0.